The van der Waals surface area contributed by atoms with Gasteiger partial charge in [0.15, 0.2) is 6.61 Å². The summed E-state index contributed by atoms with van der Waals surface area (Å²) in [6, 6.07) is 22.9. The summed E-state index contributed by atoms with van der Waals surface area (Å²) in [6.07, 6.45) is 0. The van der Waals surface area contributed by atoms with Gasteiger partial charge in [0.2, 0.25) is 0 Å². The summed E-state index contributed by atoms with van der Waals surface area (Å²) in [7, 11) is 0. The van der Waals surface area contributed by atoms with E-state index < -0.39 is 0 Å². The monoisotopic (exact) mass is 400 g/mol. The second-order valence-corrected chi connectivity index (χ2v) is 7.55. The third-order valence-electron chi connectivity index (χ3n) is 5.23. The summed E-state index contributed by atoms with van der Waals surface area (Å²) in [4.78, 5) is 27.0. The minimum absolute atomic E-state index is 0.0187. The van der Waals surface area contributed by atoms with Gasteiger partial charge in [-0.1, -0.05) is 48.5 Å². The van der Waals surface area contributed by atoms with Crippen molar-refractivity contribution in [2.75, 3.05) is 11.5 Å². The van der Waals surface area contributed by atoms with Crippen LogP contribution >= 0.6 is 0 Å². The van der Waals surface area contributed by atoms with E-state index in [2.05, 4.69) is 5.32 Å². The van der Waals surface area contributed by atoms with Crippen molar-refractivity contribution in [1.29, 1.82) is 0 Å². The van der Waals surface area contributed by atoms with E-state index in [4.69, 9.17) is 4.74 Å². The Hall–Kier alpha value is -3.60. The average molecular weight is 400 g/mol. The molecule has 30 heavy (non-hydrogen) atoms. The lowest BCUT2D eigenvalue weighted by Gasteiger charge is -2.30. The maximum absolute atomic E-state index is 12.8. The van der Waals surface area contributed by atoms with Gasteiger partial charge in [0.1, 0.15) is 5.75 Å². The maximum atomic E-state index is 12.8. The van der Waals surface area contributed by atoms with Crippen LogP contribution in [0.3, 0.4) is 0 Å². The maximum Gasteiger partial charge on any atom is 0.265 e. The van der Waals surface area contributed by atoms with Gasteiger partial charge in [0.25, 0.3) is 11.8 Å². The summed E-state index contributed by atoms with van der Waals surface area (Å²) < 4.78 is 5.55. The van der Waals surface area contributed by atoms with Gasteiger partial charge >= 0.3 is 0 Å². The molecule has 3 aromatic rings. The Morgan fingerprint density at radius 3 is 2.67 bits per heavy atom. The van der Waals surface area contributed by atoms with Gasteiger partial charge in [0, 0.05) is 5.56 Å². The van der Waals surface area contributed by atoms with Crippen molar-refractivity contribution in [3.05, 3.63) is 95.1 Å². The summed E-state index contributed by atoms with van der Waals surface area (Å²) in [5.74, 6) is 0.462. The van der Waals surface area contributed by atoms with E-state index in [0.29, 0.717) is 17.9 Å². The average Bonchev–Trinajstić information content (AvgIpc) is 2.76. The highest BCUT2D eigenvalue weighted by Gasteiger charge is 2.26. The molecule has 0 spiro atoms. The Labute approximate surface area is 176 Å². The normalized spacial score (nSPS) is 13.9. The van der Waals surface area contributed by atoms with Crippen LogP contribution in [-0.4, -0.2) is 18.4 Å². The van der Waals surface area contributed by atoms with Crippen LogP contribution in [0.5, 0.6) is 5.75 Å². The number of rotatable bonds is 5. The predicted octanol–water partition coefficient (Wildman–Crippen LogP) is 4.41. The van der Waals surface area contributed by atoms with E-state index in [-0.39, 0.29) is 24.5 Å². The Balaban J connectivity index is 1.52. The molecular weight excluding hydrogens is 376 g/mol. The lowest BCUT2D eigenvalue weighted by atomic mass is 10.1. The Kier molecular flexibility index (Phi) is 5.53. The number of hydrogen-bond acceptors (Lipinski definition) is 3. The van der Waals surface area contributed by atoms with Crippen molar-refractivity contribution >= 4 is 17.5 Å². The molecule has 5 nitrogen and oxygen atoms in total. The van der Waals surface area contributed by atoms with Gasteiger partial charge in [-0.05, 0) is 54.8 Å². The SMILES string of the molecule is Cc1ccc2c(c1)N(Cc1cccc(C(=O)NC(C)c3ccccc3)c1)C(=O)CO2. The zero-order valence-electron chi connectivity index (χ0n) is 17.1. The second kappa shape index (κ2) is 8.41. The number of benzene rings is 3. The number of nitrogens with zero attached hydrogens (tertiary/aromatic N) is 1. The zero-order valence-corrected chi connectivity index (χ0v) is 17.1. The van der Waals surface area contributed by atoms with Crippen LogP contribution in [-0.2, 0) is 11.3 Å². The highest BCUT2D eigenvalue weighted by molar-refractivity contribution is 5.98. The van der Waals surface area contributed by atoms with Crippen LogP contribution in [0.1, 0.15) is 40.0 Å². The van der Waals surface area contributed by atoms with Crippen molar-refractivity contribution in [1.82, 2.24) is 5.32 Å². The first-order valence-corrected chi connectivity index (χ1v) is 10.00. The van der Waals surface area contributed by atoms with E-state index in [0.717, 1.165) is 22.4 Å². The number of ether oxygens (including phenoxy) is 1. The topological polar surface area (TPSA) is 58.6 Å². The predicted molar refractivity (Wildman–Crippen MR) is 117 cm³/mol. The molecule has 3 aromatic carbocycles. The number of fused-ring (bicyclic) bond motifs is 1. The van der Waals surface area contributed by atoms with Gasteiger partial charge < -0.3 is 15.0 Å². The summed E-state index contributed by atoms with van der Waals surface area (Å²) >= 11 is 0. The lowest BCUT2D eigenvalue weighted by molar-refractivity contribution is -0.121. The van der Waals surface area contributed by atoms with Gasteiger partial charge in [-0.3, -0.25) is 9.59 Å². The zero-order chi connectivity index (χ0) is 21.1. The molecule has 0 aliphatic carbocycles. The fourth-order valence-corrected chi connectivity index (χ4v) is 3.58. The molecule has 0 saturated heterocycles. The number of amides is 2. The summed E-state index contributed by atoms with van der Waals surface area (Å²) in [5.41, 5.74) is 4.32. The second-order valence-electron chi connectivity index (χ2n) is 7.55. The number of nitrogens with one attached hydrogen (secondary N) is 1. The molecule has 1 unspecified atom stereocenters. The van der Waals surface area contributed by atoms with E-state index in [9.17, 15) is 9.59 Å². The molecule has 0 radical (unpaired) electrons. The van der Waals surface area contributed by atoms with Crippen molar-refractivity contribution in [3.8, 4) is 5.75 Å². The van der Waals surface area contributed by atoms with E-state index >= 15 is 0 Å². The fourth-order valence-electron chi connectivity index (χ4n) is 3.58. The molecule has 0 fully saturated rings. The Bertz CT molecular complexity index is 1080. The first-order chi connectivity index (χ1) is 14.5. The van der Waals surface area contributed by atoms with Crippen LogP contribution in [0.15, 0.2) is 72.8 Å². The molecule has 1 aliphatic rings. The van der Waals surface area contributed by atoms with Crippen molar-refractivity contribution in [3.63, 3.8) is 0 Å². The molecule has 0 aromatic heterocycles. The fraction of sp³-hybridized carbons (Fsp3) is 0.200. The van der Waals surface area contributed by atoms with E-state index in [1.54, 1.807) is 11.0 Å². The van der Waals surface area contributed by atoms with E-state index in [1.807, 2.05) is 80.6 Å². The Morgan fingerprint density at radius 2 is 1.87 bits per heavy atom. The molecule has 1 aliphatic heterocycles. The van der Waals surface area contributed by atoms with Gasteiger partial charge in [-0.25, -0.2) is 0 Å². The highest BCUT2D eigenvalue weighted by Crippen LogP contribution is 2.33. The minimum atomic E-state index is -0.141. The van der Waals surface area contributed by atoms with Crippen molar-refractivity contribution < 1.29 is 14.3 Å². The van der Waals surface area contributed by atoms with Crippen LogP contribution in [0.25, 0.3) is 0 Å². The molecule has 1 atom stereocenters. The number of carbonyl (C=O) groups is 2. The van der Waals surface area contributed by atoms with Gasteiger partial charge in [0.05, 0.1) is 18.3 Å². The van der Waals surface area contributed by atoms with Crippen LogP contribution in [0, 0.1) is 6.92 Å². The first kappa shape index (κ1) is 19.7. The molecule has 2 amide bonds. The lowest BCUT2D eigenvalue weighted by Crippen LogP contribution is -2.38. The Morgan fingerprint density at radius 1 is 1.07 bits per heavy atom. The third kappa shape index (κ3) is 4.20. The smallest absolute Gasteiger partial charge is 0.265 e. The molecule has 152 valence electrons. The van der Waals surface area contributed by atoms with Crippen LogP contribution in [0.2, 0.25) is 0 Å². The summed E-state index contributed by atoms with van der Waals surface area (Å²) in [5, 5.41) is 3.04. The number of carbonyl (C=O) groups excluding carboxylic acids is 2. The molecule has 5 heteroatoms. The molecule has 0 bridgehead atoms. The summed E-state index contributed by atoms with van der Waals surface area (Å²) in [6.45, 7) is 4.35. The molecule has 4 rings (SSSR count). The van der Waals surface area contributed by atoms with Crippen molar-refractivity contribution in [2.24, 2.45) is 0 Å². The van der Waals surface area contributed by atoms with Crippen LogP contribution in [0.4, 0.5) is 5.69 Å². The number of hydrogen-bond donors (Lipinski definition) is 1. The standard InChI is InChI=1S/C25H24N2O3/c1-17-11-12-23-22(13-17)27(24(28)16-30-23)15-19-7-6-10-21(14-19)25(29)26-18(2)20-8-4-3-5-9-20/h3-14,18H,15-16H2,1-2H3,(H,26,29). The number of anilines is 1. The largest absolute Gasteiger partial charge is 0.482 e. The molecular formula is C25H24N2O3. The van der Waals surface area contributed by atoms with Gasteiger partial charge in [-0.2, -0.15) is 0 Å². The van der Waals surface area contributed by atoms with Gasteiger partial charge in [-0.15, -0.1) is 0 Å². The van der Waals surface area contributed by atoms with Crippen LogP contribution < -0.4 is 15.0 Å². The molecule has 1 heterocycles. The molecule has 0 saturated carbocycles. The minimum Gasteiger partial charge on any atom is -0.482 e. The number of aryl methyl sites for hydroxylation is 1. The quantitative estimate of drug-likeness (QED) is 0.690. The first-order valence-electron chi connectivity index (χ1n) is 10.00. The molecule has 1 N–H and O–H groups in total. The van der Waals surface area contributed by atoms with E-state index in [1.165, 1.54) is 0 Å². The van der Waals surface area contributed by atoms with Crippen molar-refractivity contribution in [2.45, 2.75) is 26.4 Å². The third-order valence-corrected chi connectivity index (χ3v) is 5.23. The highest BCUT2D eigenvalue weighted by atomic mass is 16.5.